The summed E-state index contributed by atoms with van der Waals surface area (Å²) in [7, 11) is 1.91. The van der Waals surface area contributed by atoms with Crippen molar-refractivity contribution in [2.45, 2.75) is 45.1 Å². The third-order valence-electron chi connectivity index (χ3n) is 4.13. The molecule has 0 atom stereocenters. The SMILES string of the molecule is Cc1cc(C(=O)N(C)C2CCCC2)ccc1C#CCCO. The Kier molecular flexibility index (Phi) is 5.41. The summed E-state index contributed by atoms with van der Waals surface area (Å²) in [6.07, 6.45) is 5.16. The number of carbonyl (C=O) groups is 1. The monoisotopic (exact) mass is 285 g/mol. The van der Waals surface area contributed by atoms with Crippen LogP contribution < -0.4 is 0 Å². The van der Waals surface area contributed by atoms with Gasteiger partial charge in [0.05, 0.1) is 6.61 Å². The van der Waals surface area contributed by atoms with E-state index in [9.17, 15) is 4.79 Å². The van der Waals surface area contributed by atoms with Crippen LogP contribution in [0.25, 0.3) is 0 Å². The number of aliphatic hydroxyl groups excluding tert-OH is 1. The van der Waals surface area contributed by atoms with Crippen LogP contribution in [0.15, 0.2) is 18.2 Å². The van der Waals surface area contributed by atoms with Gasteiger partial charge in [-0.25, -0.2) is 0 Å². The van der Waals surface area contributed by atoms with Gasteiger partial charge in [0.1, 0.15) is 0 Å². The maximum atomic E-state index is 12.5. The number of benzene rings is 1. The minimum absolute atomic E-state index is 0.0782. The second-order valence-corrected chi connectivity index (χ2v) is 5.66. The highest BCUT2D eigenvalue weighted by Gasteiger charge is 2.24. The summed E-state index contributed by atoms with van der Waals surface area (Å²) in [4.78, 5) is 14.4. The zero-order chi connectivity index (χ0) is 15.2. The lowest BCUT2D eigenvalue weighted by atomic mass is 10.0. The van der Waals surface area contributed by atoms with Crippen molar-refractivity contribution in [3.63, 3.8) is 0 Å². The van der Waals surface area contributed by atoms with Crippen molar-refractivity contribution in [1.29, 1.82) is 0 Å². The average Bonchev–Trinajstić information content (AvgIpc) is 3.02. The quantitative estimate of drug-likeness (QED) is 0.868. The van der Waals surface area contributed by atoms with Crippen LogP contribution in [0.4, 0.5) is 0 Å². The Balaban J connectivity index is 2.12. The van der Waals surface area contributed by atoms with Gasteiger partial charge in [-0.15, -0.1) is 0 Å². The third-order valence-corrected chi connectivity index (χ3v) is 4.13. The Hall–Kier alpha value is -1.79. The second kappa shape index (κ2) is 7.28. The Labute approximate surface area is 127 Å². The van der Waals surface area contributed by atoms with Crippen molar-refractivity contribution in [2.75, 3.05) is 13.7 Å². The standard InChI is InChI=1S/C18H23NO2/c1-14-13-16(11-10-15(14)7-5-6-12-20)18(21)19(2)17-8-3-4-9-17/h10-11,13,17,20H,3-4,6,8-9,12H2,1-2H3. The predicted octanol–water partition coefficient (Wildman–Crippen LogP) is 2.74. The van der Waals surface area contributed by atoms with E-state index in [1.807, 2.05) is 37.1 Å². The number of aryl methyl sites for hydroxylation is 1. The minimum Gasteiger partial charge on any atom is -0.395 e. The summed E-state index contributed by atoms with van der Waals surface area (Å²) in [6.45, 7) is 2.05. The molecule has 1 aromatic rings. The first-order valence-electron chi connectivity index (χ1n) is 7.61. The van der Waals surface area contributed by atoms with Gasteiger partial charge in [-0.05, 0) is 43.5 Å². The molecule has 3 heteroatoms. The van der Waals surface area contributed by atoms with Gasteiger partial charge in [0.2, 0.25) is 0 Å². The van der Waals surface area contributed by atoms with Gasteiger partial charge in [0, 0.05) is 30.6 Å². The van der Waals surface area contributed by atoms with E-state index in [1.54, 1.807) is 0 Å². The van der Waals surface area contributed by atoms with E-state index in [-0.39, 0.29) is 12.5 Å². The van der Waals surface area contributed by atoms with Crippen LogP contribution >= 0.6 is 0 Å². The first-order chi connectivity index (χ1) is 10.1. The van der Waals surface area contributed by atoms with Crippen LogP contribution in [-0.4, -0.2) is 35.6 Å². The lowest BCUT2D eigenvalue weighted by Gasteiger charge is -2.24. The van der Waals surface area contributed by atoms with E-state index in [2.05, 4.69) is 11.8 Å². The largest absolute Gasteiger partial charge is 0.395 e. The number of carbonyl (C=O) groups excluding carboxylic acids is 1. The molecule has 1 amide bonds. The minimum atomic E-state index is 0.0782. The lowest BCUT2D eigenvalue weighted by molar-refractivity contribution is 0.0735. The van der Waals surface area contributed by atoms with Gasteiger partial charge in [0.15, 0.2) is 0 Å². The van der Waals surface area contributed by atoms with Crippen LogP contribution in [0.1, 0.15) is 53.6 Å². The van der Waals surface area contributed by atoms with Gasteiger partial charge < -0.3 is 10.0 Å². The summed E-state index contributed by atoms with van der Waals surface area (Å²) in [6, 6.07) is 6.05. The normalized spacial score (nSPS) is 14.6. The highest BCUT2D eigenvalue weighted by Crippen LogP contribution is 2.24. The molecule has 1 aliphatic rings. The summed E-state index contributed by atoms with van der Waals surface area (Å²) in [5.41, 5.74) is 2.66. The first kappa shape index (κ1) is 15.6. The van der Waals surface area contributed by atoms with Crippen LogP contribution in [0.5, 0.6) is 0 Å². The maximum Gasteiger partial charge on any atom is 0.253 e. The van der Waals surface area contributed by atoms with Crippen molar-refractivity contribution in [3.05, 3.63) is 34.9 Å². The second-order valence-electron chi connectivity index (χ2n) is 5.66. The van der Waals surface area contributed by atoms with E-state index < -0.39 is 0 Å². The molecule has 3 nitrogen and oxygen atoms in total. The van der Waals surface area contributed by atoms with Crippen molar-refractivity contribution in [3.8, 4) is 11.8 Å². The summed E-state index contributed by atoms with van der Waals surface area (Å²) in [5, 5.41) is 8.74. The maximum absolute atomic E-state index is 12.5. The van der Waals surface area contributed by atoms with E-state index in [4.69, 9.17) is 5.11 Å². The molecular weight excluding hydrogens is 262 g/mol. The highest BCUT2D eigenvalue weighted by atomic mass is 16.2. The number of amides is 1. The zero-order valence-electron chi connectivity index (χ0n) is 12.9. The summed E-state index contributed by atoms with van der Waals surface area (Å²) >= 11 is 0. The molecule has 21 heavy (non-hydrogen) atoms. The molecule has 1 fully saturated rings. The molecule has 0 unspecified atom stereocenters. The zero-order valence-corrected chi connectivity index (χ0v) is 12.9. The van der Waals surface area contributed by atoms with Gasteiger partial charge in [-0.3, -0.25) is 4.79 Å². The number of nitrogens with zero attached hydrogens (tertiary/aromatic N) is 1. The summed E-state index contributed by atoms with van der Waals surface area (Å²) in [5.74, 6) is 6.04. The topological polar surface area (TPSA) is 40.5 Å². The van der Waals surface area contributed by atoms with E-state index in [1.165, 1.54) is 12.8 Å². The Bertz CT molecular complexity index is 562. The fourth-order valence-corrected chi connectivity index (χ4v) is 2.81. The molecule has 112 valence electrons. The number of aliphatic hydroxyl groups is 1. The Morgan fingerprint density at radius 3 is 2.71 bits per heavy atom. The fraction of sp³-hybridized carbons (Fsp3) is 0.500. The molecule has 1 aliphatic carbocycles. The van der Waals surface area contributed by atoms with Crippen molar-refractivity contribution >= 4 is 5.91 Å². The smallest absolute Gasteiger partial charge is 0.253 e. The number of rotatable bonds is 3. The Morgan fingerprint density at radius 2 is 2.10 bits per heavy atom. The van der Waals surface area contributed by atoms with Crippen LogP contribution in [0.2, 0.25) is 0 Å². The summed E-state index contributed by atoms with van der Waals surface area (Å²) < 4.78 is 0. The van der Waals surface area contributed by atoms with Crippen molar-refractivity contribution in [1.82, 2.24) is 4.90 Å². The van der Waals surface area contributed by atoms with Crippen LogP contribution in [0, 0.1) is 18.8 Å². The molecule has 1 saturated carbocycles. The predicted molar refractivity (Wildman–Crippen MR) is 84.1 cm³/mol. The lowest BCUT2D eigenvalue weighted by Crippen LogP contribution is -2.35. The molecule has 0 aliphatic heterocycles. The highest BCUT2D eigenvalue weighted by molar-refractivity contribution is 5.94. The molecule has 2 rings (SSSR count). The van der Waals surface area contributed by atoms with E-state index in [0.29, 0.717) is 12.5 Å². The average molecular weight is 285 g/mol. The molecule has 0 radical (unpaired) electrons. The molecule has 1 N–H and O–H groups in total. The third kappa shape index (κ3) is 3.86. The molecule has 0 heterocycles. The number of hydrogen-bond donors (Lipinski definition) is 1. The number of hydrogen-bond acceptors (Lipinski definition) is 2. The molecule has 1 aromatic carbocycles. The molecular formula is C18H23NO2. The first-order valence-corrected chi connectivity index (χ1v) is 7.61. The molecule has 0 spiro atoms. The Morgan fingerprint density at radius 1 is 1.38 bits per heavy atom. The van der Waals surface area contributed by atoms with Gasteiger partial charge >= 0.3 is 0 Å². The van der Waals surface area contributed by atoms with Crippen LogP contribution in [-0.2, 0) is 0 Å². The van der Waals surface area contributed by atoms with Gasteiger partial charge in [-0.1, -0.05) is 24.7 Å². The van der Waals surface area contributed by atoms with E-state index in [0.717, 1.165) is 29.5 Å². The van der Waals surface area contributed by atoms with Crippen molar-refractivity contribution < 1.29 is 9.90 Å². The van der Waals surface area contributed by atoms with E-state index >= 15 is 0 Å². The van der Waals surface area contributed by atoms with Gasteiger partial charge in [0.25, 0.3) is 5.91 Å². The molecule has 0 bridgehead atoms. The fourth-order valence-electron chi connectivity index (χ4n) is 2.81. The van der Waals surface area contributed by atoms with Gasteiger partial charge in [-0.2, -0.15) is 0 Å². The van der Waals surface area contributed by atoms with Crippen LogP contribution in [0.3, 0.4) is 0 Å². The molecule has 0 aromatic heterocycles. The van der Waals surface area contributed by atoms with Crippen molar-refractivity contribution in [2.24, 2.45) is 0 Å². The molecule has 0 saturated heterocycles.